The Labute approximate surface area is 199 Å². The highest BCUT2D eigenvalue weighted by atomic mass is 32.2. The maximum Gasteiger partial charge on any atom is 0.390 e. The summed E-state index contributed by atoms with van der Waals surface area (Å²) in [5, 5.41) is 3.05. The maximum absolute atomic E-state index is 13.1. The van der Waals surface area contributed by atoms with Crippen LogP contribution in [0.4, 0.5) is 8.78 Å². The van der Waals surface area contributed by atoms with Crippen molar-refractivity contribution in [3.8, 4) is 5.75 Å². The van der Waals surface area contributed by atoms with E-state index in [9.17, 15) is 22.0 Å². The number of nitrogens with zero attached hydrogens (tertiary/aromatic N) is 1. The van der Waals surface area contributed by atoms with Crippen molar-refractivity contribution in [3.63, 3.8) is 0 Å². The van der Waals surface area contributed by atoms with Crippen molar-refractivity contribution in [1.29, 1.82) is 0 Å². The molecule has 182 valence electrons. The van der Waals surface area contributed by atoms with Crippen molar-refractivity contribution in [3.05, 3.63) is 84.2 Å². The standard InChI is InChI=1S/C23H25F2N2O5PS/c1-4-26-21(27-20(22(28)31-3)15-17-8-6-5-7-9-17)14-16(2)18-10-12-19(13-11-18)32-34(29,30)23(24,25)33/h4-14,20,27H,2,15,33H2,1,3H3/b21-14+,26-4-. The number of carbonyl (C=O) groups excluding carboxylic acids is 1. The van der Waals surface area contributed by atoms with E-state index in [1.807, 2.05) is 30.3 Å². The Hall–Kier alpha value is -3.10. The van der Waals surface area contributed by atoms with Crippen LogP contribution in [0.15, 0.2) is 78.1 Å². The Morgan fingerprint density at radius 3 is 2.35 bits per heavy atom. The fraction of sp³-hybridized carbons (Fsp3) is 0.217. The predicted octanol–water partition coefficient (Wildman–Crippen LogP) is 4.14. The lowest BCUT2D eigenvalue weighted by molar-refractivity contribution is -0.142. The molecule has 2 rings (SSSR count). The molecule has 0 aromatic heterocycles. The molecule has 0 amide bonds. The number of methoxy groups -OCH3 is 1. The van der Waals surface area contributed by atoms with Gasteiger partial charge >= 0.3 is 21.1 Å². The molecule has 11 heteroatoms. The lowest BCUT2D eigenvalue weighted by Crippen LogP contribution is -2.38. The van der Waals surface area contributed by atoms with Crippen molar-refractivity contribution < 1.29 is 30.9 Å². The van der Waals surface area contributed by atoms with Crippen LogP contribution >= 0.6 is 9.24 Å². The van der Waals surface area contributed by atoms with Gasteiger partial charge in [-0.15, -0.1) is 0 Å². The molecule has 0 fully saturated rings. The SMILES string of the molecule is C=C(/C=C(\N=C/C)NC(Cc1ccccc1)C(=O)OC)c1ccc(OS(=O)(=O)C(F)(F)P)cc1. The first-order chi connectivity index (χ1) is 16.0. The molecule has 0 saturated carbocycles. The lowest BCUT2D eigenvalue weighted by atomic mass is 10.1. The van der Waals surface area contributed by atoms with Crippen LogP contribution in [0.5, 0.6) is 5.75 Å². The quantitative estimate of drug-likeness (QED) is 0.161. The second-order valence-electron chi connectivity index (χ2n) is 6.98. The van der Waals surface area contributed by atoms with Crippen molar-refractivity contribution in [2.45, 2.75) is 24.4 Å². The van der Waals surface area contributed by atoms with E-state index in [2.05, 4.69) is 21.1 Å². The molecule has 0 saturated heterocycles. The molecular formula is C23H25F2N2O5PS. The zero-order valence-electron chi connectivity index (χ0n) is 18.6. The van der Waals surface area contributed by atoms with E-state index < -0.39 is 27.1 Å². The topological polar surface area (TPSA) is 94.1 Å². The van der Waals surface area contributed by atoms with Gasteiger partial charge in [0.1, 0.15) is 17.6 Å². The van der Waals surface area contributed by atoms with E-state index >= 15 is 0 Å². The average Bonchev–Trinajstić information content (AvgIpc) is 2.78. The number of rotatable bonds is 11. The van der Waals surface area contributed by atoms with Crippen LogP contribution in [0.2, 0.25) is 0 Å². The smallest absolute Gasteiger partial charge is 0.390 e. The van der Waals surface area contributed by atoms with Crippen LogP contribution in [0.1, 0.15) is 18.1 Å². The van der Waals surface area contributed by atoms with Gasteiger partial charge in [0.15, 0.2) is 0 Å². The number of nitrogens with one attached hydrogen (secondary N) is 1. The van der Waals surface area contributed by atoms with Gasteiger partial charge in [-0.3, -0.25) is 0 Å². The third kappa shape index (κ3) is 7.74. The summed E-state index contributed by atoms with van der Waals surface area (Å²) in [6, 6.07) is 14.0. The van der Waals surface area contributed by atoms with Gasteiger partial charge in [0.05, 0.1) is 7.11 Å². The number of esters is 1. The first-order valence-electron chi connectivity index (χ1n) is 9.95. The zero-order chi connectivity index (χ0) is 25.4. The van der Waals surface area contributed by atoms with Crippen molar-refractivity contribution >= 4 is 37.1 Å². The normalized spacial score (nSPS) is 13.4. The average molecular weight is 510 g/mol. The molecule has 7 nitrogen and oxygen atoms in total. The number of alkyl halides is 2. The minimum absolute atomic E-state index is 0.277. The summed E-state index contributed by atoms with van der Waals surface area (Å²) in [4.78, 5) is 12.5. The number of halogens is 2. The number of benzene rings is 2. The number of ether oxygens (including phenoxy) is 1. The second kappa shape index (κ2) is 11.9. The first kappa shape index (κ1) is 27.1. The minimum Gasteiger partial charge on any atom is -0.467 e. The van der Waals surface area contributed by atoms with Crippen LogP contribution in [0, 0.1) is 0 Å². The fourth-order valence-corrected chi connectivity index (χ4v) is 3.39. The molecule has 0 aliphatic rings. The predicted molar refractivity (Wildman–Crippen MR) is 131 cm³/mol. The van der Waals surface area contributed by atoms with Crippen molar-refractivity contribution in [1.82, 2.24) is 5.32 Å². The van der Waals surface area contributed by atoms with E-state index in [-0.39, 0.29) is 5.75 Å². The highest BCUT2D eigenvalue weighted by Gasteiger charge is 2.42. The van der Waals surface area contributed by atoms with Gasteiger partial charge in [0.25, 0.3) is 0 Å². The summed E-state index contributed by atoms with van der Waals surface area (Å²) >= 11 is 0. The lowest BCUT2D eigenvalue weighted by Gasteiger charge is -2.18. The zero-order valence-corrected chi connectivity index (χ0v) is 20.5. The summed E-state index contributed by atoms with van der Waals surface area (Å²) in [5.41, 5.74) is 1.93. The van der Waals surface area contributed by atoms with Crippen LogP contribution in [0.3, 0.4) is 0 Å². The molecular weight excluding hydrogens is 485 g/mol. The number of aliphatic imine (C=N–C) groups is 1. The first-order valence-corrected chi connectivity index (χ1v) is 11.9. The van der Waals surface area contributed by atoms with E-state index in [4.69, 9.17) is 4.74 Å². The molecule has 0 spiro atoms. The number of hydrogen-bond donors (Lipinski definition) is 1. The molecule has 2 atom stereocenters. The summed E-state index contributed by atoms with van der Waals surface area (Å²) in [6.45, 7) is 5.66. The van der Waals surface area contributed by atoms with E-state index in [1.54, 1.807) is 13.0 Å². The summed E-state index contributed by atoms with van der Waals surface area (Å²) < 4.78 is 58.5. The van der Waals surface area contributed by atoms with E-state index in [1.165, 1.54) is 37.6 Å². The fourth-order valence-electron chi connectivity index (χ4n) is 2.77. The molecule has 2 aromatic carbocycles. The minimum atomic E-state index is -5.14. The Bertz CT molecular complexity index is 1160. The molecule has 0 aliphatic carbocycles. The Morgan fingerprint density at radius 1 is 1.21 bits per heavy atom. The number of allylic oxidation sites excluding steroid dienone is 2. The molecule has 2 unspecified atom stereocenters. The van der Waals surface area contributed by atoms with Gasteiger partial charge in [0, 0.05) is 12.6 Å². The largest absolute Gasteiger partial charge is 0.467 e. The van der Waals surface area contributed by atoms with E-state index in [0.717, 1.165) is 14.8 Å². The third-order valence-corrected chi connectivity index (χ3v) is 6.38. The molecule has 0 radical (unpaired) electrons. The van der Waals surface area contributed by atoms with Gasteiger partial charge in [-0.2, -0.15) is 17.2 Å². The molecule has 0 aliphatic heterocycles. The monoisotopic (exact) mass is 510 g/mol. The van der Waals surface area contributed by atoms with Crippen LogP contribution in [-0.2, 0) is 26.1 Å². The summed E-state index contributed by atoms with van der Waals surface area (Å²) in [6.07, 6.45) is 3.48. The molecule has 0 heterocycles. The van der Waals surface area contributed by atoms with Crippen LogP contribution in [-0.4, -0.2) is 38.7 Å². The second-order valence-corrected chi connectivity index (χ2v) is 9.74. The molecule has 1 N–H and O–H groups in total. The van der Waals surface area contributed by atoms with Gasteiger partial charge in [-0.05, 0) is 51.1 Å². The molecule has 2 aromatic rings. The molecule has 0 bridgehead atoms. The van der Waals surface area contributed by atoms with Gasteiger partial charge in [-0.1, -0.05) is 49.0 Å². The third-order valence-electron chi connectivity index (χ3n) is 4.43. The summed E-state index contributed by atoms with van der Waals surface area (Å²) in [5.74, 6) is -0.411. The summed E-state index contributed by atoms with van der Waals surface area (Å²) in [7, 11) is -2.92. The Morgan fingerprint density at radius 2 is 1.82 bits per heavy atom. The Kier molecular flexibility index (Phi) is 9.46. The Balaban J connectivity index is 2.22. The van der Waals surface area contributed by atoms with Gasteiger partial charge < -0.3 is 14.2 Å². The number of carbonyl (C=O) groups is 1. The maximum atomic E-state index is 13.1. The van der Waals surface area contributed by atoms with Crippen LogP contribution in [0.25, 0.3) is 5.57 Å². The van der Waals surface area contributed by atoms with Gasteiger partial charge in [-0.25, -0.2) is 9.79 Å². The highest BCUT2D eigenvalue weighted by Crippen LogP contribution is 2.32. The van der Waals surface area contributed by atoms with Crippen LogP contribution < -0.4 is 9.50 Å². The number of hydrogen-bond acceptors (Lipinski definition) is 7. The van der Waals surface area contributed by atoms with Crippen molar-refractivity contribution in [2.24, 2.45) is 4.99 Å². The van der Waals surface area contributed by atoms with E-state index in [0.29, 0.717) is 23.4 Å². The van der Waals surface area contributed by atoms with Gasteiger partial charge in [0.2, 0.25) is 0 Å². The molecule has 34 heavy (non-hydrogen) atoms. The highest BCUT2D eigenvalue weighted by molar-refractivity contribution is 7.92. The van der Waals surface area contributed by atoms with Crippen molar-refractivity contribution in [2.75, 3.05) is 7.11 Å².